The van der Waals surface area contributed by atoms with Crippen LogP contribution in [-0.2, 0) is 16.1 Å². The van der Waals surface area contributed by atoms with Crippen molar-refractivity contribution in [2.24, 2.45) is 0 Å². The lowest BCUT2D eigenvalue weighted by Crippen LogP contribution is -2.14. The second kappa shape index (κ2) is 8.67. The number of ether oxygens (including phenoxy) is 3. The summed E-state index contributed by atoms with van der Waals surface area (Å²) in [4.78, 5) is 11.8. The second-order valence-electron chi connectivity index (χ2n) is 5.47. The minimum absolute atomic E-state index is 0.0946. The molecular weight excluding hydrogens is 335 g/mol. The first-order valence-electron chi connectivity index (χ1n) is 8.05. The third-order valence-corrected chi connectivity index (χ3v) is 3.43. The molecule has 0 saturated heterocycles. The van der Waals surface area contributed by atoms with Gasteiger partial charge in [0.15, 0.2) is 6.61 Å². The van der Waals surface area contributed by atoms with Gasteiger partial charge in [-0.25, -0.2) is 9.18 Å². The fourth-order valence-electron chi connectivity index (χ4n) is 2.23. The van der Waals surface area contributed by atoms with Crippen LogP contribution in [0.2, 0.25) is 0 Å². The van der Waals surface area contributed by atoms with Crippen LogP contribution in [0.1, 0.15) is 5.56 Å². The Hall–Kier alpha value is -3.34. The van der Waals surface area contributed by atoms with E-state index in [0.29, 0.717) is 5.75 Å². The van der Waals surface area contributed by atoms with Gasteiger partial charge in [-0.3, -0.25) is 0 Å². The number of halogens is 1. The van der Waals surface area contributed by atoms with Crippen molar-refractivity contribution in [3.05, 3.63) is 90.2 Å². The van der Waals surface area contributed by atoms with E-state index in [1.54, 1.807) is 12.1 Å². The van der Waals surface area contributed by atoms with Crippen LogP contribution in [0.25, 0.3) is 0 Å². The van der Waals surface area contributed by atoms with Gasteiger partial charge in [0.05, 0.1) is 0 Å². The number of esters is 1. The van der Waals surface area contributed by atoms with Gasteiger partial charge in [0.25, 0.3) is 0 Å². The van der Waals surface area contributed by atoms with Gasteiger partial charge in [-0.05, 0) is 42.0 Å². The van der Waals surface area contributed by atoms with Crippen molar-refractivity contribution in [3.8, 4) is 17.2 Å². The van der Waals surface area contributed by atoms with Crippen LogP contribution in [0.4, 0.5) is 4.39 Å². The monoisotopic (exact) mass is 352 g/mol. The van der Waals surface area contributed by atoms with Crippen LogP contribution in [0.3, 0.4) is 0 Å². The Morgan fingerprint density at radius 2 is 1.54 bits per heavy atom. The van der Waals surface area contributed by atoms with Crippen LogP contribution in [0, 0.1) is 5.82 Å². The van der Waals surface area contributed by atoms with Crippen LogP contribution in [0.15, 0.2) is 78.9 Å². The van der Waals surface area contributed by atoms with E-state index in [9.17, 15) is 9.18 Å². The largest absolute Gasteiger partial charge is 0.482 e. The number of carbonyl (C=O) groups excluding carboxylic acids is 1. The molecule has 0 heterocycles. The first-order chi connectivity index (χ1) is 12.7. The van der Waals surface area contributed by atoms with E-state index >= 15 is 0 Å². The van der Waals surface area contributed by atoms with Crippen molar-refractivity contribution in [1.82, 2.24) is 0 Å². The molecule has 4 nitrogen and oxygen atoms in total. The fourth-order valence-corrected chi connectivity index (χ4v) is 2.23. The highest BCUT2D eigenvalue weighted by atomic mass is 19.1. The maximum Gasteiger partial charge on any atom is 0.344 e. The summed E-state index contributed by atoms with van der Waals surface area (Å²) in [5, 5.41) is 0. The van der Waals surface area contributed by atoms with Gasteiger partial charge in [0, 0.05) is 6.07 Å². The molecule has 3 aromatic carbocycles. The number of hydrogen-bond acceptors (Lipinski definition) is 4. The molecule has 3 rings (SSSR count). The Balaban J connectivity index is 1.49. The molecule has 0 N–H and O–H groups in total. The molecule has 0 bridgehead atoms. The molecule has 3 aromatic rings. The van der Waals surface area contributed by atoms with Gasteiger partial charge in [-0.2, -0.15) is 0 Å². The average molecular weight is 352 g/mol. The first-order valence-corrected chi connectivity index (χ1v) is 8.05. The van der Waals surface area contributed by atoms with E-state index in [1.165, 1.54) is 18.2 Å². The van der Waals surface area contributed by atoms with Crippen LogP contribution < -0.4 is 9.47 Å². The van der Waals surface area contributed by atoms with Gasteiger partial charge in [0.1, 0.15) is 29.7 Å². The average Bonchev–Trinajstić information content (AvgIpc) is 2.66. The van der Waals surface area contributed by atoms with Gasteiger partial charge in [-0.1, -0.05) is 36.4 Å². The second-order valence-corrected chi connectivity index (χ2v) is 5.47. The zero-order chi connectivity index (χ0) is 18.2. The molecule has 0 aliphatic carbocycles. The number of benzene rings is 3. The Bertz CT molecular complexity index is 865. The summed E-state index contributed by atoms with van der Waals surface area (Å²) in [6.45, 7) is -0.193. The minimum Gasteiger partial charge on any atom is -0.482 e. The molecule has 0 saturated carbocycles. The molecule has 0 unspecified atom stereocenters. The molecular formula is C21H17FO4. The third kappa shape index (κ3) is 5.34. The lowest BCUT2D eigenvalue weighted by atomic mass is 10.2. The summed E-state index contributed by atoms with van der Waals surface area (Å²) < 4.78 is 29.2. The quantitative estimate of drug-likeness (QED) is 0.576. The summed E-state index contributed by atoms with van der Waals surface area (Å²) in [6, 6.07) is 22.3. The maximum atomic E-state index is 13.0. The van der Waals surface area contributed by atoms with Crippen molar-refractivity contribution in [2.75, 3.05) is 6.61 Å². The third-order valence-electron chi connectivity index (χ3n) is 3.43. The number of hydrogen-bond donors (Lipinski definition) is 0. The molecule has 132 valence electrons. The molecule has 0 aromatic heterocycles. The summed E-state index contributed by atoms with van der Waals surface area (Å²) in [5.74, 6) is 0.695. The smallest absolute Gasteiger partial charge is 0.344 e. The highest BCUT2D eigenvalue weighted by Crippen LogP contribution is 2.22. The fraction of sp³-hybridized carbons (Fsp3) is 0.0952. The van der Waals surface area contributed by atoms with Crippen molar-refractivity contribution in [3.63, 3.8) is 0 Å². The van der Waals surface area contributed by atoms with Gasteiger partial charge < -0.3 is 14.2 Å². The lowest BCUT2D eigenvalue weighted by molar-refractivity contribution is -0.147. The first kappa shape index (κ1) is 17.5. The molecule has 26 heavy (non-hydrogen) atoms. The van der Waals surface area contributed by atoms with E-state index < -0.39 is 11.8 Å². The number of para-hydroxylation sites is 1. The van der Waals surface area contributed by atoms with Crippen LogP contribution in [0.5, 0.6) is 17.2 Å². The molecule has 0 atom stereocenters. The van der Waals surface area contributed by atoms with Crippen LogP contribution >= 0.6 is 0 Å². The van der Waals surface area contributed by atoms with E-state index in [2.05, 4.69) is 0 Å². The Kier molecular flexibility index (Phi) is 5.83. The topological polar surface area (TPSA) is 44.8 Å². The minimum atomic E-state index is -0.538. The van der Waals surface area contributed by atoms with Crippen molar-refractivity contribution in [1.29, 1.82) is 0 Å². The molecule has 0 spiro atoms. The van der Waals surface area contributed by atoms with Crippen molar-refractivity contribution >= 4 is 5.97 Å². The maximum absolute atomic E-state index is 13.0. The SMILES string of the molecule is O=C(COc1cccc(F)c1)OCc1cccc(Oc2ccccc2)c1. The lowest BCUT2D eigenvalue weighted by Gasteiger charge is -2.09. The number of carbonyl (C=O) groups is 1. The highest BCUT2D eigenvalue weighted by molar-refractivity contribution is 5.71. The predicted octanol–water partition coefficient (Wildman–Crippen LogP) is 4.74. The normalized spacial score (nSPS) is 10.2. The van der Waals surface area contributed by atoms with E-state index in [1.807, 2.05) is 48.5 Å². The summed E-state index contributed by atoms with van der Waals surface area (Å²) in [6.07, 6.45) is 0. The number of rotatable bonds is 7. The molecule has 0 aliphatic heterocycles. The van der Waals surface area contributed by atoms with Crippen molar-refractivity contribution in [2.45, 2.75) is 6.61 Å². The summed E-state index contributed by atoms with van der Waals surface area (Å²) >= 11 is 0. The summed E-state index contributed by atoms with van der Waals surface area (Å²) in [5.41, 5.74) is 0.789. The van der Waals surface area contributed by atoms with Gasteiger partial charge in [-0.15, -0.1) is 0 Å². The Labute approximate surface area is 150 Å². The molecule has 0 radical (unpaired) electrons. The zero-order valence-electron chi connectivity index (χ0n) is 13.9. The van der Waals surface area contributed by atoms with Crippen molar-refractivity contribution < 1.29 is 23.4 Å². The summed E-state index contributed by atoms with van der Waals surface area (Å²) in [7, 11) is 0. The van der Waals surface area contributed by atoms with Gasteiger partial charge >= 0.3 is 5.97 Å². The Morgan fingerprint density at radius 3 is 2.35 bits per heavy atom. The molecule has 0 aliphatic rings. The predicted molar refractivity (Wildman–Crippen MR) is 94.6 cm³/mol. The molecule has 0 amide bonds. The zero-order valence-corrected chi connectivity index (χ0v) is 13.9. The standard InChI is InChI=1S/C21H17FO4/c22-17-7-5-10-19(13-17)24-15-21(23)25-14-16-6-4-11-20(12-16)26-18-8-2-1-3-9-18/h1-13H,14-15H2. The van der Waals surface area contributed by atoms with Crippen LogP contribution in [-0.4, -0.2) is 12.6 Å². The Morgan fingerprint density at radius 1 is 0.808 bits per heavy atom. The van der Waals surface area contributed by atoms with Gasteiger partial charge in [0.2, 0.25) is 0 Å². The highest BCUT2D eigenvalue weighted by Gasteiger charge is 2.06. The molecule has 5 heteroatoms. The molecule has 0 fully saturated rings. The van der Waals surface area contributed by atoms with E-state index in [4.69, 9.17) is 14.2 Å². The van der Waals surface area contributed by atoms with E-state index in [-0.39, 0.29) is 19.0 Å². The van der Waals surface area contributed by atoms with E-state index in [0.717, 1.165) is 11.3 Å².